The molecular weight excluding hydrogens is 209 g/mol. The maximum Gasteiger partial charge on any atom is 0.146 e. The van der Waals surface area contributed by atoms with E-state index in [1.54, 1.807) is 30.3 Å². The minimum atomic E-state index is -1.03. The van der Waals surface area contributed by atoms with Gasteiger partial charge in [0.05, 0.1) is 24.8 Å². The molecule has 0 N–H and O–H groups in total. The van der Waals surface area contributed by atoms with Crippen molar-refractivity contribution in [2.45, 2.75) is 12.2 Å². The Balaban J connectivity index is 2.27. The van der Waals surface area contributed by atoms with E-state index < -0.39 is 6.17 Å². The topological polar surface area (TPSA) is 49.2 Å². The Hall–Kier alpha value is -1.67. The fourth-order valence-corrected chi connectivity index (χ4v) is 1.79. The van der Waals surface area contributed by atoms with Gasteiger partial charge >= 0.3 is 0 Å². The van der Waals surface area contributed by atoms with Gasteiger partial charge in [0.2, 0.25) is 0 Å². The van der Waals surface area contributed by atoms with Crippen LogP contribution in [0.2, 0.25) is 0 Å². The molecule has 0 radical (unpaired) electrons. The van der Waals surface area contributed by atoms with Gasteiger partial charge in [-0.15, -0.1) is 0 Å². The molecule has 5 heteroatoms. The van der Waals surface area contributed by atoms with Gasteiger partial charge in [0.1, 0.15) is 18.1 Å². The Morgan fingerprint density at radius 1 is 1.62 bits per heavy atom. The summed E-state index contributed by atoms with van der Waals surface area (Å²) in [4.78, 5) is 5.79. The van der Waals surface area contributed by atoms with E-state index in [0.29, 0.717) is 18.0 Å². The second kappa shape index (κ2) is 4.45. The van der Waals surface area contributed by atoms with Crippen molar-refractivity contribution >= 4 is 5.82 Å². The number of hydrogen-bond donors (Lipinski definition) is 0. The number of nitriles is 1. The van der Waals surface area contributed by atoms with Crippen molar-refractivity contribution in [1.29, 1.82) is 5.26 Å². The molecule has 2 heterocycles. The van der Waals surface area contributed by atoms with Crippen LogP contribution in [0.25, 0.3) is 0 Å². The zero-order valence-electron chi connectivity index (χ0n) is 8.93. The first kappa shape index (κ1) is 10.8. The maximum absolute atomic E-state index is 13.5. The number of likely N-dealkylation sites (N-methyl/N-ethyl adjacent to an activating group) is 1. The number of halogens is 1. The lowest BCUT2D eigenvalue weighted by Gasteiger charge is -2.26. The summed E-state index contributed by atoms with van der Waals surface area (Å²) in [6.45, 7) is 0.447. The lowest BCUT2D eigenvalue weighted by Crippen LogP contribution is -2.39. The van der Waals surface area contributed by atoms with E-state index in [1.807, 2.05) is 6.07 Å². The summed E-state index contributed by atoms with van der Waals surface area (Å²) in [7, 11) is 1.73. The van der Waals surface area contributed by atoms with E-state index in [2.05, 4.69) is 4.98 Å². The quantitative estimate of drug-likeness (QED) is 0.751. The van der Waals surface area contributed by atoms with Gasteiger partial charge in [0.25, 0.3) is 0 Å². The number of anilines is 1. The standard InChI is InChI=1S/C11H12FN3O/c1-15(10-7-16-6-9(10)12)11-8(5-13)3-2-4-14-11/h2-4,9-10H,6-7H2,1H3. The third-order valence-electron chi connectivity index (χ3n) is 2.72. The Kier molecular flexibility index (Phi) is 3.02. The lowest BCUT2D eigenvalue weighted by molar-refractivity contribution is 0.173. The monoisotopic (exact) mass is 221 g/mol. The highest BCUT2D eigenvalue weighted by atomic mass is 19.1. The molecule has 1 aromatic heterocycles. The van der Waals surface area contributed by atoms with Crippen LogP contribution in [0.4, 0.5) is 10.2 Å². The molecule has 0 aliphatic carbocycles. The summed E-state index contributed by atoms with van der Waals surface area (Å²) in [5.74, 6) is 0.503. The summed E-state index contributed by atoms with van der Waals surface area (Å²) < 4.78 is 18.5. The average molecular weight is 221 g/mol. The SMILES string of the molecule is CN(c1ncccc1C#N)C1COCC1F. The first-order valence-electron chi connectivity index (χ1n) is 5.04. The fourth-order valence-electron chi connectivity index (χ4n) is 1.79. The van der Waals surface area contributed by atoms with Crippen LogP contribution >= 0.6 is 0 Å². The third-order valence-corrected chi connectivity index (χ3v) is 2.72. The molecule has 0 bridgehead atoms. The van der Waals surface area contributed by atoms with Gasteiger partial charge < -0.3 is 9.64 Å². The van der Waals surface area contributed by atoms with Gasteiger partial charge in [0, 0.05) is 13.2 Å². The van der Waals surface area contributed by atoms with E-state index >= 15 is 0 Å². The smallest absolute Gasteiger partial charge is 0.146 e. The molecule has 2 atom stereocenters. The van der Waals surface area contributed by atoms with Crippen LogP contribution in [0, 0.1) is 11.3 Å². The Labute approximate surface area is 93.3 Å². The largest absolute Gasteiger partial charge is 0.376 e. The highest BCUT2D eigenvalue weighted by Gasteiger charge is 2.32. The van der Waals surface area contributed by atoms with Gasteiger partial charge in [-0.3, -0.25) is 0 Å². The van der Waals surface area contributed by atoms with Gasteiger partial charge in [-0.25, -0.2) is 9.37 Å². The predicted octanol–water partition coefficient (Wildman–Crippen LogP) is 1.13. The molecule has 16 heavy (non-hydrogen) atoms. The second-order valence-electron chi connectivity index (χ2n) is 3.72. The number of ether oxygens (including phenoxy) is 1. The van der Waals surface area contributed by atoms with Crippen LogP contribution in [-0.2, 0) is 4.74 Å². The molecule has 84 valence electrons. The lowest BCUT2D eigenvalue weighted by atomic mass is 10.2. The zero-order chi connectivity index (χ0) is 11.5. The van der Waals surface area contributed by atoms with Crippen LogP contribution in [-0.4, -0.2) is 37.5 Å². The molecule has 2 unspecified atom stereocenters. The van der Waals surface area contributed by atoms with Crippen LogP contribution in [0.1, 0.15) is 5.56 Å². The minimum Gasteiger partial charge on any atom is -0.376 e. The van der Waals surface area contributed by atoms with Crippen molar-refractivity contribution in [3.8, 4) is 6.07 Å². The molecule has 4 nitrogen and oxygen atoms in total. The Morgan fingerprint density at radius 3 is 3.06 bits per heavy atom. The molecule has 1 aliphatic rings. The number of alkyl halides is 1. The number of hydrogen-bond acceptors (Lipinski definition) is 4. The molecule has 2 rings (SSSR count). The van der Waals surface area contributed by atoms with Crippen molar-refractivity contribution < 1.29 is 9.13 Å². The third kappa shape index (κ3) is 1.84. The van der Waals surface area contributed by atoms with E-state index in [-0.39, 0.29) is 12.6 Å². The maximum atomic E-state index is 13.5. The highest BCUT2D eigenvalue weighted by Crippen LogP contribution is 2.22. The predicted molar refractivity (Wildman–Crippen MR) is 56.9 cm³/mol. The van der Waals surface area contributed by atoms with Crippen molar-refractivity contribution in [2.24, 2.45) is 0 Å². The summed E-state index contributed by atoms with van der Waals surface area (Å²) in [6, 6.07) is 5.05. The van der Waals surface area contributed by atoms with Crippen LogP contribution in [0.3, 0.4) is 0 Å². The molecule has 1 aromatic rings. The summed E-state index contributed by atoms with van der Waals surface area (Å²) in [6.07, 6.45) is 0.564. The normalized spacial score (nSPS) is 24.1. The van der Waals surface area contributed by atoms with Crippen molar-refractivity contribution in [3.05, 3.63) is 23.9 Å². The number of pyridine rings is 1. The van der Waals surface area contributed by atoms with Crippen molar-refractivity contribution in [2.75, 3.05) is 25.2 Å². The zero-order valence-corrected chi connectivity index (χ0v) is 8.93. The Morgan fingerprint density at radius 2 is 2.44 bits per heavy atom. The Bertz CT molecular complexity index is 418. The van der Waals surface area contributed by atoms with E-state index in [0.717, 1.165) is 0 Å². The molecular formula is C11H12FN3O. The minimum absolute atomic E-state index is 0.115. The molecule has 0 aromatic carbocycles. The molecule has 1 saturated heterocycles. The van der Waals surface area contributed by atoms with E-state index in [4.69, 9.17) is 10.00 Å². The number of nitrogens with zero attached hydrogens (tertiary/aromatic N) is 3. The molecule has 0 amide bonds. The molecule has 0 saturated carbocycles. The number of rotatable bonds is 2. The van der Waals surface area contributed by atoms with Crippen LogP contribution < -0.4 is 4.90 Å². The van der Waals surface area contributed by atoms with Crippen LogP contribution in [0.15, 0.2) is 18.3 Å². The van der Waals surface area contributed by atoms with Crippen molar-refractivity contribution in [1.82, 2.24) is 4.98 Å². The van der Waals surface area contributed by atoms with Gasteiger partial charge in [-0.05, 0) is 12.1 Å². The second-order valence-corrected chi connectivity index (χ2v) is 3.72. The molecule has 0 spiro atoms. The van der Waals surface area contributed by atoms with Gasteiger partial charge in [-0.1, -0.05) is 0 Å². The van der Waals surface area contributed by atoms with E-state index in [9.17, 15) is 4.39 Å². The van der Waals surface area contributed by atoms with Crippen LogP contribution in [0.5, 0.6) is 0 Å². The van der Waals surface area contributed by atoms with Crippen molar-refractivity contribution in [3.63, 3.8) is 0 Å². The average Bonchev–Trinajstić information content (AvgIpc) is 2.74. The summed E-state index contributed by atoms with van der Waals surface area (Å²) >= 11 is 0. The summed E-state index contributed by atoms with van der Waals surface area (Å²) in [5, 5.41) is 8.93. The van der Waals surface area contributed by atoms with Gasteiger partial charge in [-0.2, -0.15) is 5.26 Å². The fraction of sp³-hybridized carbons (Fsp3) is 0.455. The number of aromatic nitrogens is 1. The van der Waals surface area contributed by atoms with E-state index in [1.165, 1.54) is 0 Å². The van der Waals surface area contributed by atoms with Gasteiger partial charge in [0.15, 0.2) is 0 Å². The summed E-state index contributed by atoms with van der Waals surface area (Å²) in [5.41, 5.74) is 0.448. The first-order valence-corrected chi connectivity index (χ1v) is 5.04. The highest BCUT2D eigenvalue weighted by molar-refractivity contribution is 5.53. The molecule has 1 aliphatic heterocycles. The molecule has 1 fully saturated rings. The first-order chi connectivity index (χ1) is 7.74.